The van der Waals surface area contributed by atoms with Gasteiger partial charge in [0.2, 0.25) is 0 Å². The second-order valence-corrected chi connectivity index (χ2v) is 4.31. The molecule has 18 heavy (non-hydrogen) atoms. The van der Waals surface area contributed by atoms with Gasteiger partial charge in [0.05, 0.1) is 0 Å². The van der Waals surface area contributed by atoms with Gasteiger partial charge in [-0.05, 0) is 39.1 Å². The number of ether oxygens (including phenoxy) is 1. The molecule has 0 amide bonds. The molecule has 0 bridgehead atoms. The Labute approximate surface area is 103 Å². The highest BCUT2D eigenvalue weighted by Gasteiger charge is 2.31. The molecule has 0 atom stereocenters. The largest absolute Gasteiger partial charge is 0.573 e. The Kier molecular flexibility index (Phi) is 4.56. The Morgan fingerprint density at radius 2 is 1.89 bits per heavy atom. The lowest BCUT2D eigenvalue weighted by Crippen LogP contribution is -2.26. The second kappa shape index (κ2) is 5.56. The fourth-order valence-electron chi connectivity index (χ4n) is 1.32. The molecule has 0 aliphatic rings. The van der Waals surface area contributed by atoms with Gasteiger partial charge >= 0.3 is 6.36 Å². The van der Waals surface area contributed by atoms with Gasteiger partial charge < -0.3 is 4.74 Å². The number of nitrogens with zero attached hydrogens (tertiary/aromatic N) is 1. The Balaban J connectivity index is 2.88. The average Bonchev–Trinajstić information content (AvgIpc) is 2.20. The van der Waals surface area contributed by atoms with Gasteiger partial charge in [0.25, 0.3) is 0 Å². The number of hydrogen-bond donors (Lipinski definition) is 0. The summed E-state index contributed by atoms with van der Waals surface area (Å²) in [5, 5.41) is 0. The first-order valence-electron chi connectivity index (χ1n) is 5.43. The highest BCUT2D eigenvalue weighted by molar-refractivity contribution is 5.30. The van der Waals surface area contributed by atoms with Crippen molar-refractivity contribution < 1.29 is 22.3 Å². The van der Waals surface area contributed by atoms with Crippen molar-refractivity contribution in [1.82, 2.24) is 4.90 Å². The molecule has 102 valence electrons. The normalized spacial score (nSPS) is 12.3. The molecule has 1 aromatic rings. The van der Waals surface area contributed by atoms with E-state index in [1.54, 1.807) is 7.05 Å². The van der Waals surface area contributed by atoms with Gasteiger partial charge in [0, 0.05) is 18.2 Å². The smallest absolute Gasteiger partial charge is 0.406 e. The average molecular weight is 265 g/mol. The molecule has 0 fully saturated rings. The number of halogens is 4. The fraction of sp³-hybridized carbons (Fsp3) is 0.500. The van der Waals surface area contributed by atoms with Crippen molar-refractivity contribution in [3.05, 3.63) is 29.6 Å². The van der Waals surface area contributed by atoms with E-state index >= 15 is 0 Å². The van der Waals surface area contributed by atoms with Crippen LogP contribution in [0.5, 0.6) is 5.75 Å². The van der Waals surface area contributed by atoms with E-state index in [-0.39, 0.29) is 18.2 Å². The predicted octanol–water partition coefficient (Wildman–Crippen LogP) is 3.56. The number of benzene rings is 1. The maximum absolute atomic E-state index is 13.5. The Morgan fingerprint density at radius 1 is 1.28 bits per heavy atom. The highest BCUT2D eigenvalue weighted by Crippen LogP contribution is 2.25. The lowest BCUT2D eigenvalue weighted by atomic mass is 10.1. The molecule has 2 nitrogen and oxygen atoms in total. The summed E-state index contributed by atoms with van der Waals surface area (Å²) in [6, 6.07) is 3.17. The molecule has 6 heteroatoms. The third-order valence-corrected chi connectivity index (χ3v) is 2.55. The van der Waals surface area contributed by atoms with Crippen molar-refractivity contribution in [2.24, 2.45) is 0 Å². The minimum atomic E-state index is -4.76. The van der Waals surface area contributed by atoms with Crippen LogP contribution in [0, 0.1) is 5.82 Å². The quantitative estimate of drug-likeness (QED) is 0.772. The van der Waals surface area contributed by atoms with E-state index in [9.17, 15) is 17.6 Å². The first-order valence-corrected chi connectivity index (χ1v) is 5.43. The van der Waals surface area contributed by atoms with E-state index in [4.69, 9.17) is 0 Å². The summed E-state index contributed by atoms with van der Waals surface area (Å²) < 4.78 is 53.3. The standard InChI is InChI=1S/C12H15F4NO/c1-8(2)17(3)7-9-6-10(4-5-11(9)13)18-12(14,15)16/h4-6,8H,7H2,1-3H3. The van der Waals surface area contributed by atoms with Gasteiger partial charge in [-0.2, -0.15) is 0 Å². The molecular formula is C12H15F4NO. The van der Waals surface area contributed by atoms with Gasteiger partial charge in [-0.15, -0.1) is 13.2 Å². The Bertz CT molecular complexity index is 404. The molecule has 0 saturated carbocycles. The third kappa shape index (κ3) is 4.52. The number of rotatable bonds is 4. The molecule has 0 aromatic heterocycles. The van der Waals surface area contributed by atoms with Gasteiger partial charge in [-0.1, -0.05) is 0 Å². The molecule has 0 aliphatic carbocycles. The second-order valence-electron chi connectivity index (χ2n) is 4.31. The van der Waals surface area contributed by atoms with Crippen molar-refractivity contribution in [1.29, 1.82) is 0 Å². The maximum atomic E-state index is 13.5. The summed E-state index contributed by atoms with van der Waals surface area (Å²) >= 11 is 0. The summed E-state index contributed by atoms with van der Waals surface area (Å²) in [6.45, 7) is 4.04. The predicted molar refractivity (Wildman–Crippen MR) is 59.7 cm³/mol. The molecule has 0 saturated heterocycles. The lowest BCUT2D eigenvalue weighted by Gasteiger charge is -2.21. The summed E-state index contributed by atoms with van der Waals surface area (Å²) in [6.07, 6.45) is -4.76. The van der Waals surface area contributed by atoms with Gasteiger partial charge in [-0.25, -0.2) is 4.39 Å². The molecule has 0 unspecified atom stereocenters. The van der Waals surface area contributed by atoms with Crippen molar-refractivity contribution in [3.8, 4) is 5.75 Å². The zero-order valence-corrected chi connectivity index (χ0v) is 10.4. The first kappa shape index (κ1) is 14.8. The van der Waals surface area contributed by atoms with Crippen molar-refractivity contribution in [2.45, 2.75) is 32.8 Å². The zero-order valence-electron chi connectivity index (χ0n) is 10.4. The number of alkyl halides is 3. The van der Waals surface area contributed by atoms with Crippen LogP contribution in [0.3, 0.4) is 0 Å². The Hall–Kier alpha value is -1.30. The van der Waals surface area contributed by atoms with Crippen LogP contribution >= 0.6 is 0 Å². The van der Waals surface area contributed by atoms with Crippen molar-refractivity contribution in [2.75, 3.05) is 7.05 Å². The maximum Gasteiger partial charge on any atom is 0.573 e. The summed E-state index contributed by atoms with van der Waals surface area (Å²) in [5.74, 6) is -0.951. The first-order chi connectivity index (χ1) is 8.19. The van der Waals surface area contributed by atoms with Crippen LogP contribution in [0.1, 0.15) is 19.4 Å². The monoisotopic (exact) mass is 265 g/mol. The van der Waals surface area contributed by atoms with E-state index in [0.29, 0.717) is 0 Å². The van der Waals surface area contributed by atoms with E-state index in [1.165, 1.54) is 0 Å². The number of hydrogen-bond acceptors (Lipinski definition) is 2. The lowest BCUT2D eigenvalue weighted by molar-refractivity contribution is -0.274. The molecule has 0 N–H and O–H groups in total. The van der Waals surface area contributed by atoms with Crippen LogP contribution in [-0.2, 0) is 6.54 Å². The summed E-state index contributed by atoms with van der Waals surface area (Å²) in [7, 11) is 1.77. The highest BCUT2D eigenvalue weighted by atomic mass is 19.4. The van der Waals surface area contributed by atoms with Gasteiger partial charge in [0.1, 0.15) is 11.6 Å². The van der Waals surface area contributed by atoms with Crippen molar-refractivity contribution in [3.63, 3.8) is 0 Å². The van der Waals surface area contributed by atoms with Crippen LogP contribution in [0.2, 0.25) is 0 Å². The fourth-order valence-corrected chi connectivity index (χ4v) is 1.32. The third-order valence-electron chi connectivity index (χ3n) is 2.55. The summed E-state index contributed by atoms with van der Waals surface area (Å²) in [5.41, 5.74) is 0.174. The van der Waals surface area contributed by atoms with Gasteiger partial charge in [-0.3, -0.25) is 4.90 Å². The van der Waals surface area contributed by atoms with E-state index in [1.807, 2.05) is 18.7 Å². The van der Waals surface area contributed by atoms with Crippen LogP contribution < -0.4 is 4.74 Å². The molecule has 0 aliphatic heterocycles. The van der Waals surface area contributed by atoms with E-state index < -0.39 is 17.9 Å². The van der Waals surface area contributed by atoms with E-state index in [2.05, 4.69) is 4.74 Å². The molecule has 0 radical (unpaired) electrons. The topological polar surface area (TPSA) is 12.5 Å². The molecular weight excluding hydrogens is 250 g/mol. The molecule has 1 rings (SSSR count). The van der Waals surface area contributed by atoms with Crippen molar-refractivity contribution >= 4 is 0 Å². The molecule has 0 heterocycles. The molecule has 1 aromatic carbocycles. The minimum Gasteiger partial charge on any atom is -0.406 e. The minimum absolute atomic E-state index is 0.164. The van der Waals surface area contributed by atoms with E-state index in [0.717, 1.165) is 18.2 Å². The van der Waals surface area contributed by atoms with Gasteiger partial charge in [0.15, 0.2) is 0 Å². The Morgan fingerprint density at radius 3 is 2.39 bits per heavy atom. The SMILES string of the molecule is CC(C)N(C)Cc1cc(OC(F)(F)F)ccc1F. The summed E-state index contributed by atoms with van der Waals surface area (Å²) in [4.78, 5) is 1.82. The van der Waals surface area contributed by atoms with Crippen LogP contribution in [0.25, 0.3) is 0 Å². The van der Waals surface area contributed by atoms with Crippen LogP contribution in [0.15, 0.2) is 18.2 Å². The van der Waals surface area contributed by atoms with Crippen LogP contribution in [0.4, 0.5) is 17.6 Å². The van der Waals surface area contributed by atoms with Crippen LogP contribution in [-0.4, -0.2) is 24.4 Å². The molecule has 0 spiro atoms. The zero-order chi connectivity index (χ0) is 13.9.